The van der Waals surface area contributed by atoms with Crippen molar-refractivity contribution in [3.05, 3.63) is 64.9 Å². The van der Waals surface area contributed by atoms with Crippen molar-refractivity contribution in [2.24, 2.45) is 0 Å². The van der Waals surface area contributed by atoms with E-state index >= 15 is 0 Å². The molecule has 1 fully saturated rings. The highest BCUT2D eigenvalue weighted by atomic mass is 35.5. The molecule has 3 rings (SSSR count). The Morgan fingerprint density at radius 3 is 2.44 bits per heavy atom. The maximum Gasteiger partial charge on any atom is 0.243 e. The molecule has 1 saturated heterocycles. The van der Waals surface area contributed by atoms with Crippen molar-refractivity contribution >= 4 is 27.5 Å². The Kier molecular flexibility index (Phi) is 5.83. The Balaban J connectivity index is 1.76. The van der Waals surface area contributed by atoms with Crippen LogP contribution in [0.5, 0.6) is 0 Å². The minimum absolute atomic E-state index is 0.0191. The summed E-state index contributed by atoms with van der Waals surface area (Å²) in [7, 11) is -3.87. The molecule has 0 bridgehead atoms. The van der Waals surface area contributed by atoms with Gasteiger partial charge in [-0.25, -0.2) is 12.8 Å². The Bertz CT molecular complexity index is 917. The van der Waals surface area contributed by atoms with Crippen molar-refractivity contribution in [1.82, 2.24) is 9.62 Å². The molecule has 1 N–H and O–H groups in total. The monoisotopic (exact) mass is 410 g/mol. The number of carbonyl (C=O) groups excluding carboxylic acids is 1. The average Bonchev–Trinajstić information content (AvgIpc) is 3.13. The number of rotatable bonds is 5. The third kappa shape index (κ3) is 4.31. The van der Waals surface area contributed by atoms with Gasteiger partial charge in [0.05, 0.1) is 10.9 Å². The molecule has 8 heteroatoms. The molecule has 0 aliphatic carbocycles. The predicted molar refractivity (Wildman–Crippen MR) is 101 cm³/mol. The Labute approximate surface area is 163 Å². The van der Waals surface area contributed by atoms with E-state index in [1.165, 1.54) is 16.4 Å². The van der Waals surface area contributed by atoms with Crippen LogP contribution in [0.2, 0.25) is 5.02 Å². The molecule has 27 heavy (non-hydrogen) atoms. The van der Waals surface area contributed by atoms with Gasteiger partial charge in [0.15, 0.2) is 0 Å². The number of nitrogens with zero attached hydrogens (tertiary/aromatic N) is 1. The van der Waals surface area contributed by atoms with Gasteiger partial charge in [0.25, 0.3) is 0 Å². The third-order valence-corrected chi connectivity index (χ3v) is 6.83. The zero-order chi connectivity index (χ0) is 19.6. The van der Waals surface area contributed by atoms with Crippen molar-refractivity contribution < 1.29 is 17.6 Å². The summed E-state index contributed by atoms with van der Waals surface area (Å²) in [4.78, 5) is 12.7. The topological polar surface area (TPSA) is 66.5 Å². The molecule has 2 atom stereocenters. The number of benzene rings is 2. The third-order valence-electron chi connectivity index (χ3n) is 4.66. The molecule has 0 aromatic heterocycles. The summed E-state index contributed by atoms with van der Waals surface area (Å²) in [5.74, 6) is -0.859. The Morgan fingerprint density at radius 1 is 1.19 bits per heavy atom. The van der Waals surface area contributed by atoms with Gasteiger partial charge in [-0.05, 0) is 61.7 Å². The van der Waals surface area contributed by atoms with Crippen LogP contribution >= 0.6 is 11.6 Å². The zero-order valence-corrected chi connectivity index (χ0v) is 16.3. The van der Waals surface area contributed by atoms with Crippen LogP contribution in [-0.2, 0) is 14.8 Å². The standard InChI is InChI=1S/C19H20ClFN2O3S/c1-13(14-4-6-15(20)7-5-14)22-19(24)18-3-2-12-23(18)27(25,26)17-10-8-16(21)9-11-17/h4-11,13,18H,2-3,12H2,1H3,(H,22,24)/t13-,18+/m0/s1. The van der Waals surface area contributed by atoms with Gasteiger partial charge >= 0.3 is 0 Å². The molecule has 1 aliphatic heterocycles. The van der Waals surface area contributed by atoms with Crippen LogP contribution < -0.4 is 5.32 Å². The van der Waals surface area contributed by atoms with E-state index in [2.05, 4.69) is 5.32 Å². The molecular formula is C19H20ClFN2O3S. The van der Waals surface area contributed by atoms with Crippen LogP contribution in [-0.4, -0.2) is 31.2 Å². The van der Waals surface area contributed by atoms with Gasteiger partial charge in [0.1, 0.15) is 11.9 Å². The fraction of sp³-hybridized carbons (Fsp3) is 0.316. The molecule has 1 heterocycles. The minimum atomic E-state index is -3.87. The van der Waals surface area contributed by atoms with Crippen molar-refractivity contribution in [2.45, 2.75) is 36.7 Å². The Morgan fingerprint density at radius 2 is 1.81 bits per heavy atom. The summed E-state index contributed by atoms with van der Waals surface area (Å²) in [5.41, 5.74) is 0.874. The van der Waals surface area contributed by atoms with Crippen molar-refractivity contribution in [1.29, 1.82) is 0 Å². The largest absolute Gasteiger partial charge is 0.348 e. The molecule has 5 nitrogen and oxygen atoms in total. The first-order valence-electron chi connectivity index (χ1n) is 8.62. The van der Waals surface area contributed by atoms with Gasteiger partial charge in [0.2, 0.25) is 15.9 Å². The SMILES string of the molecule is C[C@H](NC(=O)[C@H]1CCCN1S(=O)(=O)c1ccc(F)cc1)c1ccc(Cl)cc1. The average molecular weight is 411 g/mol. The first-order valence-corrected chi connectivity index (χ1v) is 10.4. The molecule has 144 valence electrons. The van der Waals surface area contributed by atoms with Crippen LogP contribution in [0.15, 0.2) is 53.4 Å². The van der Waals surface area contributed by atoms with Crippen molar-refractivity contribution in [2.75, 3.05) is 6.54 Å². The predicted octanol–water partition coefficient (Wildman–Crippen LogP) is 3.51. The van der Waals surface area contributed by atoms with Gasteiger partial charge in [-0.3, -0.25) is 4.79 Å². The fourth-order valence-corrected chi connectivity index (χ4v) is 4.96. The van der Waals surface area contributed by atoms with E-state index in [4.69, 9.17) is 11.6 Å². The summed E-state index contributed by atoms with van der Waals surface area (Å²) >= 11 is 5.88. The highest BCUT2D eigenvalue weighted by molar-refractivity contribution is 7.89. The van der Waals surface area contributed by atoms with E-state index in [-0.39, 0.29) is 23.4 Å². The van der Waals surface area contributed by atoms with Crippen LogP contribution in [0.4, 0.5) is 4.39 Å². The molecule has 0 unspecified atom stereocenters. The second-order valence-electron chi connectivity index (χ2n) is 6.51. The number of nitrogens with one attached hydrogen (secondary N) is 1. The van der Waals surface area contributed by atoms with E-state index in [0.717, 1.165) is 17.7 Å². The van der Waals surface area contributed by atoms with Gasteiger partial charge in [0, 0.05) is 11.6 Å². The maximum atomic E-state index is 13.1. The fourth-order valence-electron chi connectivity index (χ4n) is 3.18. The number of hydrogen-bond acceptors (Lipinski definition) is 3. The summed E-state index contributed by atoms with van der Waals surface area (Å²) in [6.45, 7) is 2.09. The molecule has 0 spiro atoms. The minimum Gasteiger partial charge on any atom is -0.348 e. The normalized spacial score (nSPS) is 19.0. The number of halogens is 2. The zero-order valence-electron chi connectivity index (χ0n) is 14.7. The lowest BCUT2D eigenvalue weighted by Gasteiger charge is -2.25. The van der Waals surface area contributed by atoms with E-state index in [9.17, 15) is 17.6 Å². The van der Waals surface area contributed by atoms with Crippen molar-refractivity contribution in [3.8, 4) is 0 Å². The van der Waals surface area contributed by atoms with Gasteiger partial charge in [-0.15, -0.1) is 0 Å². The molecule has 0 radical (unpaired) electrons. The first kappa shape index (κ1) is 19.8. The number of hydrogen-bond donors (Lipinski definition) is 1. The molecule has 2 aromatic carbocycles. The number of carbonyl (C=O) groups is 1. The first-order chi connectivity index (χ1) is 12.8. The summed E-state index contributed by atoms with van der Waals surface area (Å²) in [6, 6.07) is 10.7. The van der Waals surface area contributed by atoms with E-state index in [1.807, 2.05) is 19.1 Å². The van der Waals surface area contributed by atoms with Crippen molar-refractivity contribution in [3.63, 3.8) is 0 Å². The Hall–Kier alpha value is -1.96. The van der Waals surface area contributed by atoms with Crippen LogP contribution in [0.3, 0.4) is 0 Å². The summed E-state index contributed by atoms with van der Waals surface area (Å²) < 4.78 is 40.0. The molecule has 1 amide bonds. The van der Waals surface area contributed by atoms with Gasteiger partial charge in [-0.1, -0.05) is 23.7 Å². The van der Waals surface area contributed by atoms with Gasteiger partial charge in [-0.2, -0.15) is 4.31 Å². The smallest absolute Gasteiger partial charge is 0.243 e. The van der Waals surface area contributed by atoms with Gasteiger partial charge < -0.3 is 5.32 Å². The quantitative estimate of drug-likeness (QED) is 0.820. The van der Waals surface area contributed by atoms with E-state index in [1.54, 1.807) is 12.1 Å². The lowest BCUT2D eigenvalue weighted by atomic mass is 10.1. The molecule has 0 saturated carbocycles. The summed E-state index contributed by atoms with van der Waals surface area (Å²) in [6.07, 6.45) is 1.04. The van der Waals surface area contributed by atoms with Crippen LogP contribution in [0, 0.1) is 5.82 Å². The molecule has 2 aromatic rings. The maximum absolute atomic E-state index is 13.1. The highest BCUT2D eigenvalue weighted by Gasteiger charge is 2.39. The van der Waals surface area contributed by atoms with E-state index < -0.39 is 21.9 Å². The molecular weight excluding hydrogens is 391 g/mol. The second kappa shape index (κ2) is 7.96. The van der Waals surface area contributed by atoms with E-state index in [0.29, 0.717) is 17.9 Å². The van der Waals surface area contributed by atoms with Crippen LogP contribution in [0.25, 0.3) is 0 Å². The molecule has 1 aliphatic rings. The second-order valence-corrected chi connectivity index (χ2v) is 8.84. The highest BCUT2D eigenvalue weighted by Crippen LogP contribution is 2.27. The lowest BCUT2D eigenvalue weighted by Crippen LogP contribution is -2.46. The lowest BCUT2D eigenvalue weighted by molar-refractivity contribution is -0.124. The summed E-state index contributed by atoms with van der Waals surface area (Å²) in [5, 5.41) is 3.47. The number of sulfonamides is 1. The van der Waals surface area contributed by atoms with Crippen LogP contribution in [0.1, 0.15) is 31.4 Å². The number of amides is 1.